The molecule has 0 spiro atoms. The molecule has 0 amide bonds. The molecule has 0 aromatic heterocycles. The largest absolute Gasteiger partial charge is 0.395 e. The molecule has 3 atom stereocenters. The second-order valence-electron chi connectivity index (χ2n) is 5.75. The molecule has 3 nitrogen and oxygen atoms in total. The van der Waals surface area contributed by atoms with Crippen LogP contribution >= 0.6 is 0 Å². The quantitative estimate of drug-likeness (QED) is 0.736. The molecule has 2 rings (SSSR count). The molecule has 1 aliphatic carbocycles. The second-order valence-corrected chi connectivity index (χ2v) is 5.75. The summed E-state index contributed by atoms with van der Waals surface area (Å²) in [4.78, 5) is 2.65. The predicted molar refractivity (Wildman–Crippen MR) is 66.4 cm³/mol. The third-order valence-corrected chi connectivity index (χ3v) is 4.11. The van der Waals surface area contributed by atoms with E-state index in [-0.39, 0.29) is 6.61 Å². The van der Waals surface area contributed by atoms with Crippen molar-refractivity contribution in [3.63, 3.8) is 0 Å². The van der Waals surface area contributed by atoms with E-state index in [9.17, 15) is 0 Å². The fraction of sp³-hybridized carbons (Fsp3) is 1.00. The van der Waals surface area contributed by atoms with Gasteiger partial charge in [-0.25, -0.2) is 0 Å². The summed E-state index contributed by atoms with van der Waals surface area (Å²) >= 11 is 0. The molecule has 3 unspecified atom stereocenters. The first-order valence-corrected chi connectivity index (χ1v) is 6.79. The molecule has 1 heterocycles. The Bertz CT molecular complexity index is 218. The first-order chi connectivity index (χ1) is 7.70. The Morgan fingerprint density at radius 2 is 2.12 bits per heavy atom. The number of likely N-dealkylation sites (tertiary alicyclic amines) is 1. The number of rotatable bonds is 5. The maximum atomic E-state index is 8.86. The smallest absolute Gasteiger partial charge is 0.0556 e. The molecule has 2 N–H and O–H groups in total. The molecule has 2 aliphatic rings. The van der Waals surface area contributed by atoms with Crippen LogP contribution in [0.25, 0.3) is 0 Å². The van der Waals surface area contributed by atoms with Gasteiger partial charge in [-0.15, -0.1) is 0 Å². The highest BCUT2D eigenvalue weighted by Crippen LogP contribution is 2.36. The molecular formula is C13H26N2O. The number of aliphatic hydroxyl groups excluding tert-OH is 1. The van der Waals surface area contributed by atoms with Gasteiger partial charge in [0, 0.05) is 31.7 Å². The zero-order chi connectivity index (χ0) is 11.5. The van der Waals surface area contributed by atoms with Crippen LogP contribution in [0.4, 0.5) is 0 Å². The van der Waals surface area contributed by atoms with Crippen LogP contribution in [0.15, 0.2) is 0 Å². The van der Waals surface area contributed by atoms with Gasteiger partial charge in [0.25, 0.3) is 0 Å². The van der Waals surface area contributed by atoms with Crippen molar-refractivity contribution in [3.8, 4) is 0 Å². The first kappa shape index (κ1) is 12.3. The number of nitrogens with zero attached hydrogens (tertiary/aromatic N) is 1. The van der Waals surface area contributed by atoms with Gasteiger partial charge in [-0.05, 0) is 38.0 Å². The van der Waals surface area contributed by atoms with E-state index in [4.69, 9.17) is 5.11 Å². The van der Waals surface area contributed by atoms with Crippen molar-refractivity contribution in [1.29, 1.82) is 0 Å². The fourth-order valence-corrected chi connectivity index (χ4v) is 3.02. The van der Waals surface area contributed by atoms with Gasteiger partial charge in [0.05, 0.1) is 6.61 Å². The van der Waals surface area contributed by atoms with Crippen LogP contribution in [0.5, 0.6) is 0 Å². The Hall–Kier alpha value is -0.120. The molecule has 1 aliphatic heterocycles. The lowest BCUT2D eigenvalue weighted by Gasteiger charge is -2.40. The van der Waals surface area contributed by atoms with Crippen molar-refractivity contribution < 1.29 is 5.11 Å². The standard InChI is InChI=1S/C13H26N2O/c1-10-7-13(14-5-6-16)9-15(8-10)11(2)12-3-4-12/h10-14,16H,3-9H2,1-2H3. The normalized spacial score (nSPS) is 33.9. The lowest BCUT2D eigenvalue weighted by atomic mass is 9.94. The van der Waals surface area contributed by atoms with Gasteiger partial charge in [0.2, 0.25) is 0 Å². The summed E-state index contributed by atoms with van der Waals surface area (Å²) in [5, 5.41) is 12.3. The number of hydrogen-bond acceptors (Lipinski definition) is 3. The van der Waals surface area contributed by atoms with Gasteiger partial charge in [0.1, 0.15) is 0 Å². The highest BCUT2D eigenvalue weighted by atomic mass is 16.3. The zero-order valence-corrected chi connectivity index (χ0v) is 10.7. The van der Waals surface area contributed by atoms with Crippen LogP contribution in [0.2, 0.25) is 0 Å². The monoisotopic (exact) mass is 226 g/mol. The van der Waals surface area contributed by atoms with E-state index >= 15 is 0 Å². The van der Waals surface area contributed by atoms with Crippen LogP contribution in [0.1, 0.15) is 33.1 Å². The van der Waals surface area contributed by atoms with Crippen molar-refractivity contribution in [2.75, 3.05) is 26.2 Å². The molecule has 1 saturated carbocycles. The minimum absolute atomic E-state index is 0.253. The molecule has 0 aromatic rings. The molecule has 2 fully saturated rings. The lowest BCUT2D eigenvalue weighted by molar-refractivity contribution is 0.0985. The Kier molecular flexibility index (Phi) is 4.22. The maximum absolute atomic E-state index is 8.86. The number of piperidine rings is 1. The van der Waals surface area contributed by atoms with Gasteiger partial charge in [0.15, 0.2) is 0 Å². The predicted octanol–water partition coefficient (Wildman–Crippen LogP) is 1.08. The van der Waals surface area contributed by atoms with E-state index in [2.05, 4.69) is 24.1 Å². The van der Waals surface area contributed by atoms with E-state index in [1.54, 1.807) is 0 Å². The third-order valence-electron chi connectivity index (χ3n) is 4.11. The number of aliphatic hydroxyl groups is 1. The van der Waals surface area contributed by atoms with Crippen LogP contribution < -0.4 is 5.32 Å². The maximum Gasteiger partial charge on any atom is 0.0556 e. The average molecular weight is 226 g/mol. The highest BCUT2D eigenvalue weighted by molar-refractivity contribution is 4.90. The molecule has 3 heteroatoms. The summed E-state index contributed by atoms with van der Waals surface area (Å²) in [5.41, 5.74) is 0. The summed E-state index contributed by atoms with van der Waals surface area (Å²) in [6, 6.07) is 1.35. The van der Waals surface area contributed by atoms with Crippen molar-refractivity contribution in [3.05, 3.63) is 0 Å². The first-order valence-electron chi connectivity index (χ1n) is 6.79. The van der Waals surface area contributed by atoms with Gasteiger partial charge in [-0.3, -0.25) is 4.90 Å². The Balaban J connectivity index is 1.83. The van der Waals surface area contributed by atoms with Crippen LogP contribution in [0.3, 0.4) is 0 Å². The van der Waals surface area contributed by atoms with E-state index in [0.717, 1.165) is 24.4 Å². The Morgan fingerprint density at radius 3 is 2.75 bits per heavy atom. The third kappa shape index (κ3) is 3.19. The Labute approximate surface area is 99.2 Å². The van der Waals surface area contributed by atoms with Crippen molar-refractivity contribution in [2.24, 2.45) is 11.8 Å². The molecule has 1 saturated heterocycles. The van der Waals surface area contributed by atoms with Crippen LogP contribution in [0, 0.1) is 11.8 Å². The molecule has 0 bridgehead atoms. The van der Waals surface area contributed by atoms with Crippen molar-refractivity contribution >= 4 is 0 Å². The second kappa shape index (κ2) is 5.48. The lowest BCUT2D eigenvalue weighted by Crippen LogP contribution is -2.52. The minimum atomic E-state index is 0.253. The SMILES string of the molecule is CC1CC(NCCO)CN(C(C)C2CC2)C1. The van der Waals surface area contributed by atoms with E-state index in [0.29, 0.717) is 6.04 Å². The summed E-state index contributed by atoms with van der Waals surface area (Å²) in [7, 11) is 0. The van der Waals surface area contributed by atoms with Crippen molar-refractivity contribution in [2.45, 2.75) is 45.2 Å². The summed E-state index contributed by atoms with van der Waals surface area (Å²) < 4.78 is 0. The molecule has 94 valence electrons. The molecule has 0 aromatic carbocycles. The minimum Gasteiger partial charge on any atom is -0.395 e. The summed E-state index contributed by atoms with van der Waals surface area (Å²) in [6.07, 6.45) is 4.12. The van der Waals surface area contributed by atoms with E-state index in [1.807, 2.05) is 0 Å². The number of hydrogen-bond donors (Lipinski definition) is 2. The fourth-order valence-electron chi connectivity index (χ4n) is 3.02. The molecule has 0 radical (unpaired) electrons. The van der Waals surface area contributed by atoms with Gasteiger partial charge >= 0.3 is 0 Å². The number of nitrogens with one attached hydrogen (secondary N) is 1. The molecule has 16 heavy (non-hydrogen) atoms. The average Bonchev–Trinajstić information content (AvgIpc) is 3.08. The van der Waals surface area contributed by atoms with Crippen LogP contribution in [-0.4, -0.2) is 48.3 Å². The highest BCUT2D eigenvalue weighted by Gasteiger charge is 2.35. The van der Waals surface area contributed by atoms with E-state index < -0.39 is 0 Å². The zero-order valence-electron chi connectivity index (χ0n) is 10.7. The van der Waals surface area contributed by atoms with Crippen molar-refractivity contribution in [1.82, 2.24) is 10.2 Å². The van der Waals surface area contributed by atoms with Gasteiger partial charge < -0.3 is 10.4 Å². The topological polar surface area (TPSA) is 35.5 Å². The van der Waals surface area contributed by atoms with Gasteiger partial charge in [-0.1, -0.05) is 6.92 Å². The van der Waals surface area contributed by atoms with Crippen LogP contribution in [-0.2, 0) is 0 Å². The summed E-state index contributed by atoms with van der Waals surface area (Å²) in [5.74, 6) is 1.75. The molecular weight excluding hydrogens is 200 g/mol. The summed E-state index contributed by atoms with van der Waals surface area (Å²) in [6.45, 7) is 8.15. The van der Waals surface area contributed by atoms with E-state index in [1.165, 1.54) is 32.4 Å². The van der Waals surface area contributed by atoms with Gasteiger partial charge in [-0.2, -0.15) is 0 Å². The Morgan fingerprint density at radius 1 is 1.38 bits per heavy atom.